The van der Waals surface area contributed by atoms with Crippen molar-refractivity contribution in [2.75, 3.05) is 11.1 Å². The van der Waals surface area contributed by atoms with Gasteiger partial charge in [0.25, 0.3) is 0 Å². The lowest BCUT2D eigenvalue weighted by molar-refractivity contribution is 1.14. The standard InChI is InChI=1S/C12H9BrClN5/c13-10-7(14)2-1-3-8(10)17-11-12-16-4-5-19(12)6-9(15)18-11/h1-6H,15H2,(H,17,18). The van der Waals surface area contributed by atoms with Crippen LogP contribution in [0.25, 0.3) is 5.65 Å². The number of rotatable bonds is 2. The van der Waals surface area contributed by atoms with Crippen LogP contribution in [-0.4, -0.2) is 14.4 Å². The first-order valence-corrected chi connectivity index (χ1v) is 6.62. The molecule has 5 nitrogen and oxygen atoms in total. The van der Waals surface area contributed by atoms with Gasteiger partial charge in [-0.1, -0.05) is 17.7 Å². The van der Waals surface area contributed by atoms with E-state index in [-0.39, 0.29) is 0 Å². The van der Waals surface area contributed by atoms with Gasteiger partial charge in [-0.15, -0.1) is 0 Å². The molecule has 3 aromatic rings. The van der Waals surface area contributed by atoms with E-state index < -0.39 is 0 Å². The predicted molar refractivity (Wildman–Crippen MR) is 79.8 cm³/mol. The van der Waals surface area contributed by atoms with E-state index in [2.05, 4.69) is 31.2 Å². The molecule has 0 bridgehead atoms. The molecule has 1 aromatic carbocycles. The molecule has 0 saturated heterocycles. The Morgan fingerprint density at radius 1 is 1.37 bits per heavy atom. The quantitative estimate of drug-likeness (QED) is 0.751. The number of hydrogen-bond acceptors (Lipinski definition) is 4. The number of anilines is 3. The summed E-state index contributed by atoms with van der Waals surface area (Å²) in [5.74, 6) is 0.985. The van der Waals surface area contributed by atoms with Crippen molar-refractivity contribution in [3.8, 4) is 0 Å². The molecule has 0 radical (unpaired) electrons. The molecular formula is C12H9BrClN5. The van der Waals surface area contributed by atoms with Crippen molar-refractivity contribution in [3.05, 3.63) is 46.3 Å². The highest BCUT2D eigenvalue weighted by molar-refractivity contribution is 9.10. The second-order valence-electron chi connectivity index (χ2n) is 3.90. The Hall–Kier alpha value is -1.79. The summed E-state index contributed by atoms with van der Waals surface area (Å²) in [7, 11) is 0. The zero-order chi connectivity index (χ0) is 13.4. The summed E-state index contributed by atoms with van der Waals surface area (Å²) < 4.78 is 2.58. The van der Waals surface area contributed by atoms with E-state index in [9.17, 15) is 0 Å². The second-order valence-corrected chi connectivity index (χ2v) is 5.10. The first kappa shape index (κ1) is 12.3. The van der Waals surface area contributed by atoms with Crippen LogP contribution in [0.15, 0.2) is 41.3 Å². The Kier molecular flexibility index (Phi) is 3.04. The Labute approximate surface area is 122 Å². The van der Waals surface area contributed by atoms with Gasteiger partial charge in [0.1, 0.15) is 5.82 Å². The highest BCUT2D eigenvalue weighted by Crippen LogP contribution is 2.32. The number of nitrogens with one attached hydrogen (secondary N) is 1. The van der Waals surface area contributed by atoms with Crippen molar-refractivity contribution in [2.24, 2.45) is 0 Å². The molecule has 3 N–H and O–H groups in total. The van der Waals surface area contributed by atoms with Crippen molar-refractivity contribution in [2.45, 2.75) is 0 Å². The molecule has 0 aliphatic carbocycles. The smallest absolute Gasteiger partial charge is 0.180 e. The molecule has 0 unspecified atom stereocenters. The Morgan fingerprint density at radius 2 is 2.21 bits per heavy atom. The molecule has 19 heavy (non-hydrogen) atoms. The number of benzene rings is 1. The molecule has 0 fully saturated rings. The Balaban J connectivity index is 2.10. The molecule has 0 aliphatic rings. The van der Waals surface area contributed by atoms with Crippen molar-refractivity contribution in [1.82, 2.24) is 14.4 Å². The summed E-state index contributed by atoms with van der Waals surface area (Å²) in [6.45, 7) is 0. The average Bonchev–Trinajstić information content (AvgIpc) is 2.83. The Morgan fingerprint density at radius 3 is 3.05 bits per heavy atom. The molecule has 0 saturated carbocycles. The molecule has 2 heterocycles. The van der Waals surface area contributed by atoms with Crippen molar-refractivity contribution >= 4 is 50.5 Å². The topological polar surface area (TPSA) is 68.2 Å². The lowest BCUT2D eigenvalue weighted by atomic mass is 10.3. The summed E-state index contributed by atoms with van der Waals surface area (Å²) in [6.07, 6.45) is 5.21. The number of nitrogen functional groups attached to an aromatic ring is 1. The van der Waals surface area contributed by atoms with Crippen LogP contribution >= 0.6 is 27.5 Å². The van der Waals surface area contributed by atoms with E-state index in [0.29, 0.717) is 22.3 Å². The fourth-order valence-electron chi connectivity index (χ4n) is 1.76. The summed E-state index contributed by atoms with van der Waals surface area (Å²) in [5, 5.41) is 3.80. The normalized spacial score (nSPS) is 10.8. The fourth-order valence-corrected chi connectivity index (χ4v) is 2.30. The number of imidazole rings is 1. The fraction of sp³-hybridized carbons (Fsp3) is 0. The van der Waals surface area contributed by atoms with E-state index in [1.54, 1.807) is 18.5 Å². The van der Waals surface area contributed by atoms with Crippen molar-refractivity contribution < 1.29 is 0 Å². The maximum atomic E-state index is 6.06. The van der Waals surface area contributed by atoms with Crippen molar-refractivity contribution in [3.63, 3.8) is 0 Å². The molecule has 96 valence electrons. The third kappa shape index (κ3) is 2.24. The van der Waals surface area contributed by atoms with Gasteiger partial charge in [0, 0.05) is 12.4 Å². The van der Waals surface area contributed by atoms with Crippen molar-refractivity contribution in [1.29, 1.82) is 0 Å². The number of hydrogen-bond donors (Lipinski definition) is 2. The summed E-state index contributed by atoms with van der Waals surface area (Å²) in [4.78, 5) is 8.50. The third-order valence-corrected chi connectivity index (χ3v) is 3.99. The van der Waals surface area contributed by atoms with E-state index in [1.807, 2.05) is 22.7 Å². The van der Waals surface area contributed by atoms with Crippen LogP contribution in [0.4, 0.5) is 17.3 Å². The van der Waals surface area contributed by atoms with E-state index in [1.165, 1.54) is 0 Å². The predicted octanol–water partition coefficient (Wildman–Crippen LogP) is 3.47. The van der Waals surface area contributed by atoms with E-state index >= 15 is 0 Å². The minimum Gasteiger partial charge on any atom is -0.382 e. The number of aromatic nitrogens is 3. The van der Waals surface area contributed by atoms with Crippen LogP contribution in [0.2, 0.25) is 5.02 Å². The highest BCUT2D eigenvalue weighted by Gasteiger charge is 2.09. The lowest BCUT2D eigenvalue weighted by Gasteiger charge is -2.10. The average molecular weight is 339 g/mol. The molecule has 0 spiro atoms. The molecule has 2 aromatic heterocycles. The highest BCUT2D eigenvalue weighted by atomic mass is 79.9. The van der Waals surface area contributed by atoms with E-state index in [4.69, 9.17) is 17.3 Å². The summed E-state index contributed by atoms with van der Waals surface area (Å²) in [5.41, 5.74) is 7.26. The summed E-state index contributed by atoms with van der Waals surface area (Å²) in [6, 6.07) is 5.54. The maximum Gasteiger partial charge on any atom is 0.180 e. The third-order valence-electron chi connectivity index (χ3n) is 2.60. The van der Waals surface area contributed by atoms with Gasteiger partial charge in [0.2, 0.25) is 0 Å². The molecule has 0 amide bonds. The zero-order valence-electron chi connectivity index (χ0n) is 9.64. The van der Waals surface area contributed by atoms with Crippen LogP contribution in [0.5, 0.6) is 0 Å². The first-order valence-electron chi connectivity index (χ1n) is 5.45. The maximum absolute atomic E-state index is 6.06. The minimum atomic E-state index is 0.408. The van der Waals surface area contributed by atoms with Crippen LogP contribution in [-0.2, 0) is 0 Å². The molecule has 7 heteroatoms. The van der Waals surface area contributed by atoms with Gasteiger partial charge in [0.15, 0.2) is 11.5 Å². The minimum absolute atomic E-state index is 0.408. The van der Waals surface area contributed by atoms with Gasteiger partial charge in [-0.25, -0.2) is 9.97 Å². The van der Waals surface area contributed by atoms with Crippen LogP contribution in [0.3, 0.4) is 0 Å². The van der Waals surface area contributed by atoms with Crippen LogP contribution < -0.4 is 11.1 Å². The molecule has 0 aliphatic heterocycles. The van der Waals surface area contributed by atoms with Gasteiger partial charge in [-0.3, -0.25) is 0 Å². The Bertz CT molecular complexity index is 755. The van der Waals surface area contributed by atoms with Gasteiger partial charge < -0.3 is 15.5 Å². The second kappa shape index (κ2) is 4.71. The van der Waals surface area contributed by atoms with Crippen LogP contribution in [0, 0.1) is 0 Å². The van der Waals surface area contributed by atoms with E-state index in [0.717, 1.165) is 10.2 Å². The number of nitrogens with two attached hydrogens (primary N) is 1. The SMILES string of the molecule is Nc1cn2ccnc2c(Nc2cccc(Cl)c2Br)n1. The van der Waals surface area contributed by atoms with Gasteiger partial charge in [-0.2, -0.15) is 0 Å². The zero-order valence-corrected chi connectivity index (χ0v) is 12.0. The molecule has 0 atom stereocenters. The molecule has 3 rings (SSSR count). The largest absolute Gasteiger partial charge is 0.382 e. The van der Waals surface area contributed by atoms with Crippen LogP contribution in [0.1, 0.15) is 0 Å². The lowest BCUT2D eigenvalue weighted by Crippen LogP contribution is -2.02. The van der Waals surface area contributed by atoms with Gasteiger partial charge >= 0.3 is 0 Å². The van der Waals surface area contributed by atoms with Gasteiger partial charge in [0.05, 0.1) is 21.4 Å². The molecular weight excluding hydrogens is 330 g/mol. The van der Waals surface area contributed by atoms with Gasteiger partial charge in [-0.05, 0) is 28.1 Å². The number of halogens is 2. The summed E-state index contributed by atoms with van der Waals surface area (Å²) >= 11 is 9.49. The monoisotopic (exact) mass is 337 g/mol. The first-order chi connectivity index (χ1) is 9.15. The number of fused-ring (bicyclic) bond motifs is 1. The number of nitrogens with zero attached hydrogens (tertiary/aromatic N) is 3.